The maximum atomic E-state index is 4.90. The molecule has 0 aromatic carbocycles. The van der Waals surface area contributed by atoms with Crippen molar-refractivity contribution in [2.75, 3.05) is 0 Å². The SMILES string of the molecule is CCC(C)(C)C1CCc2c(sc3ncn4nc(-c5cc(C6CC6)[nH]n5)nc4c23)C1. The molecule has 4 aromatic rings. The molecule has 0 bridgehead atoms. The molecule has 0 radical (unpaired) electrons. The van der Waals surface area contributed by atoms with Crippen LogP contribution in [0.1, 0.15) is 68.5 Å². The minimum absolute atomic E-state index is 0.387. The van der Waals surface area contributed by atoms with Gasteiger partial charge in [-0.05, 0) is 55.1 Å². The van der Waals surface area contributed by atoms with E-state index >= 15 is 0 Å². The van der Waals surface area contributed by atoms with Crippen LogP contribution < -0.4 is 0 Å². The van der Waals surface area contributed by atoms with Crippen LogP contribution in [0.5, 0.6) is 0 Å². The lowest BCUT2D eigenvalue weighted by atomic mass is 9.70. The Morgan fingerprint density at radius 2 is 2.14 bits per heavy atom. The van der Waals surface area contributed by atoms with Gasteiger partial charge in [-0.25, -0.2) is 14.5 Å². The number of hydrogen-bond donors (Lipinski definition) is 1. The summed E-state index contributed by atoms with van der Waals surface area (Å²) in [7, 11) is 0. The van der Waals surface area contributed by atoms with Crippen molar-refractivity contribution in [2.45, 2.75) is 65.2 Å². The maximum Gasteiger partial charge on any atom is 0.202 e. The zero-order chi connectivity index (χ0) is 19.8. The summed E-state index contributed by atoms with van der Waals surface area (Å²) in [4.78, 5) is 12.2. The Morgan fingerprint density at radius 1 is 1.28 bits per heavy atom. The molecule has 2 aliphatic carbocycles. The van der Waals surface area contributed by atoms with E-state index < -0.39 is 0 Å². The van der Waals surface area contributed by atoms with Gasteiger partial charge in [0.1, 0.15) is 16.9 Å². The smallest absolute Gasteiger partial charge is 0.202 e. The van der Waals surface area contributed by atoms with Crippen molar-refractivity contribution >= 4 is 27.2 Å². The van der Waals surface area contributed by atoms with Gasteiger partial charge in [0, 0.05) is 16.5 Å². The monoisotopic (exact) mass is 406 g/mol. The van der Waals surface area contributed by atoms with E-state index in [4.69, 9.17) is 9.97 Å². The number of rotatable bonds is 4. The van der Waals surface area contributed by atoms with E-state index in [1.807, 2.05) is 15.9 Å². The summed E-state index contributed by atoms with van der Waals surface area (Å²) in [6.07, 6.45) is 9.04. The van der Waals surface area contributed by atoms with Crippen molar-refractivity contribution < 1.29 is 0 Å². The zero-order valence-corrected chi connectivity index (χ0v) is 18.0. The van der Waals surface area contributed by atoms with Gasteiger partial charge in [-0.15, -0.1) is 16.4 Å². The molecule has 0 amide bonds. The van der Waals surface area contributed by atoms with Crippen molar-refractivity contribution in [3.63, 3.8) is 0 Å². The molecule has 1 N–H and O–H groups in total. The van der Waals surface area contributed by atoms with Crippen LogP contribution in [0, 0.1) is 11.3 Å². The van der Waals surface area contributed by atoms with Crippen molar-refractivity contribution in [3.8, 4) is 11.5 Å². The third-order valence-electron chi connectivity index (χ3n) is 7.25. The molecule has 2 aliphatic rings. The fraction of sp³-hybridized carbons (Fsp3) is 0.545. The standard InChI is InChI=1S/C22H26N6S/c1-4-22(2,3)13-7-8-14-17(9-13)29-21-18(14)20-24-19(27-28(20)11-23-21)16-10-15(25-26-16)12-5-6-12/h10-13H,4-9H2,1-3H3,(H,25,26). The van der Waals surface area contributed by atoms with Crippen LogP contribution in [0.15, 0.2) is 12.4 Å². The Labute approximate surface area is 173 Å². The minimum Gasteiger partial charge on any atom is -0.282 e. The van der Waals surface area contributed by atoms with Gasteiger partial charge in [0.05, 0.1) is 5.39 Å². The summed E-state index contributed by atoms with van der Waals surface area (Å²) >= 11 is 1.85. The first-order chi connectivity index (χ1) is 14.0. The van der Waals surface area contributed by atoms with E-state index in [0.717, 1.165) is 34.9 Å². The highest BCUT2D eigenvalue weighted by atomic mass is 32.1. The van der Waals surface area contributed by atoms with Crippen LogP contribution in [0.4, 0.5) is 0 Å². The van der Waals surface area contributed by atoms with Gasteiger partial charge in [0.2, 0.25) is 5.82 Å². The molecule has 29 heavy (non-hydrogen) atoms. The number of hydrogen-bond acceptors (Lipinski definition) is 5. The van der Waals surface area contributed by atoms with Crippen LogP contribution in [-0.2, 0) is 12.8 Å². The van der Waals surface area contributed by atoms with Gasteiger partial charge >= 0.3 is 0 Å². The van der Waals surface area contributed by atoms with E-state index in [2.05, 4.69) is 42.1 Å². The van der Waals surface area contributed by atoms with Crippen molar-refractivity contribution in [2.24, 2.45) is 11.3 Å². The zero-order valence-electron chi connectivity index (χ0n) is 17.2. The van der Waals surface area contributed by atoms with Crippen molar-refractivity contribution in [3.05, 3.63) is 28.5 Å². The predicted octanol–water partition coefficient (Wildman–Crippen LogP) is 5.15. The Bertz CT molecular complexity index is 1230. The summed E-state index contributed by atoms with van der Waals surface area (Å²) in [6.45, 7) is 7.14. The van der Waals surface area contributed by atoms with Crippen LogP contribution in [0.2, 0.25) is 0 Å². The number of H-pyrrole nitrogens is 1. The van der Waals surface area contributed by atoms with Gasteiger partial charge < -0.3 is 0 Å². The molecule has 6 rings (SSSR count). The van der Waals surface area contributed by atoms with E-state index in [9.17, 15) is 0 Å². The molecule has 0 saturated heterocycles. The molecular weight excluding hydrogens is 380 g/mol. The molecule has 4 heterocycles. The number of nitrogens with one attached hydrogen (secondary N) is 1. The second-order valence-corrected chi connectivity index (χ2v) is 10.5. The topological polar surface area (TPSA) is 71.8 Å². The molecule has 1 unspecified atom stereocenters. The first-order valence-electron chi connectivity index (χ1n) is 10.7. The molecule has 1 atom stereocenters. The highest BCUT2D eigenvalue weighted by Gasteiger charge is 2.33. The van der Waals surface area contributed by atoms with Gasteiger partial charge in [-0.2, -0.15) is 5.10 Å². The number of aromatic amines is 1. The van der Waals surface area contributed by atoms with Crippen molar-refractivity contribution in [1.29, 1.82) is 0 Å². The van der Waals surface area contributed by atoms with Crippen LogP contribution >= 0.6 is 11.3 Å². The lowest BCUT2D eigenvalue weighted by Gasteiger charge is -2.36. The molecule has 1 fully saturated rings. The first kappa shape index (κ1) is 17.6. The van der Waals surface area contributed by atoms with Gasteiger partial charge in [-0.3, -0.25) is 5.10 Å². The highest BCUT2D eigenvalue weighted by Crippen LogP contribution is 2.45. The molecule has 1 saturated carbocycles. The van der Waals surface area contributed by atoms with E-state index in [0.29, 0.717) is 17.2 Å². The van der Waals surface area contributed by atoms with Gasteiger partial charge in [0.15, 0.2) is 5.65 Å². The predicted molar refractivity (Wildman–Crippen MR) is 115 cm³/mol. The largest absolute Gasteiger partial charge is 0.282 e. The quantitative estimate of drug-likeness (QED) is 0.509. The number of fused-ring (bicyclic) bond motifs is 5. The summed E-state index contributed by atoms with van der Waals surface area (Å²) in [5, 5.41) is 13.5. The second-order valence-electron chi connectivity index (χ2n) is 9.40. The molecular formula is C22H26N6S. The molecule has 4 aromatic heterocycles. The van der Waals surface area contributed by atoms with Crippen molar-refractivity contribution in [1.82, 2.24) is 29.8 Å². The average Bonchev–Trinajstić information content (AvgIpc) is 3.16. The lowest BCUT2D eigenvalue weighted by molar-refractivity contribution is 0.184. The Morgan fingerprint density at radius 3 is 2.93 bits per heavy atom. The Hall–Kier alpha value is -2.28. The van der Waals surface area contributed by atoms with E-state index in [1.54, 1.807) is 6.33 Å². The second kappa shape index (κ2) is 6.11. The molecule has 150 valence electrons. The number of thiophene rings is 1. The maximum absolute atomic E-state index is 4.90. The molecule has 0 aliphatic heterocycles. The first-order valence-corrected chi connectivity index (χ1v) is 11.6. The van der Waals surface area contributed by atoms with Crippen LogP contribution in [-0.4, -0.2) is 29.8 Å². The summed E-state index contributed by atoms with van der Waals surface area (Å²) in [5.74, 6) is 2.07. The summed E-state index contributed by atoms with van der Waals surface area (Å²) in [6, 6.07) is 2.11. The third kappa shape index (κ3) is 2.74. The Kier molecular flexibility index (Phi) is 3.70. The fourth-order valence-corrected chi connectivity index (χ4v) is 5.95. The highest BCUT2D eigenvalue weighted by molar-refractivity contribution is 7.19. The number of aryl methyl sites for hydroxylation is 1. The average molecular weight is 407 g/mol. The molecule has 0 spiro atoms. The minimum atomic E-state index is 0.387. The summed E-state index contributed by atoms with van der Waals surface area (Å²) in [5.41, 5.74) is 4.80. The number of nitrogens with zero attached hydrogens (tertiary/aromatic N) is 5. The van der Waals surface area contributed by atoms with Gasteiger partial charge in [-0.1, -0.05) is 27.2 Å². The normalized spacial score (nSPS) is 19.9. The Balaban J connectivity index is 1.44. The van der Waals surface area contributed by atoms with Crippen LogP contribution in [0.25, 0.3) is 27.4 Å². The van der Waals surface area contributed by atoms with E-state index in [-0.39, 0.29) is 0 Å². The molecule has 7 heteroatoms. The molecule has 6 nitrogen and oxygen atoms in total. The summed E-state index contributed by atoms with van der Waals surface area (Å²) < 4.78 is 1.83. The van der Waals surface area contributed by atoms with Gasteiger partial charge in [0.25, 0.3) is 0 Å². The van der Waals surface area contributed by atoms with Crippen LogP contribution in [0.3, 0.4) is 0 Å². The number of aromatic nitrogens is 6. The third-order valence-corrected chi connectivity index (χ3v) is 8.41. The van der Waals surface area contributed by atoms with E-state index in [1.165, 1.54) is 47.2 Å². The lowest BCUT2D eigenvalue weighted by Crippen LogP contribution is -2.28. The fourth-order valence-electron chi connectivity index (χ4n) is 4.69.